The topological polar surface area (TPSA) is 78.9 Å². The molecule has 6 heteroatoms. The van der Waals surface area contributed by atoms with Gasteiger partial charge in [0.15, 0.2) is 6.10 Å². The van der Waals surface area contributed by atoms with Crippen molar-refractivity contribution < 1.29 is 28.6 Å². The Morgan fingerprint density at radius 2 is 1.61 bits per heavy atom. The Balaban J connectivity index is 2.56. The quantitative estimate of drug-likeness (QED) is 0.414. The fourth-order valence-electron chi connectivity index (χ4n) is 1.96. The lowest BCUT2D eigenvalue weighted by molar-refractivity contribution is -0.177. The second kappa shape index (κ2) is 10.4. The zero-order chi connectivity index (χ0) is 17.1. The van der Waals surface area contributed by atoms with Crippen LogP contribution in [0.5, 0.6) is 0 Å². The summed E-state index contributed by atoms with van der Waals surface area (Å²) in [6.45, 7) is 3.47. The van der Waals surface area contributed by atoms with E-state index in [-0.39, 0.29) is 19.6 Å². The van der Waals surface area contributed by atoms with Crippen molar-refractivity contribution in [1.82, 2.24) is 0 Å². The van der Waals surface area contributed by atoms with E-state index in [2.05, 4.69) is 4.74 Å². The predicted octanol–water partition coefficient (Wildman–Crippen LogP) is 2.05. The lowest BCUT2D eigenvalue weighted by atomic mass is 10.1. The van der Waals surface area contributed by atoms with Crippen LogP contribution in [0.4, 0.5) is 0 Å². The van der Waals surface area contributed by atoms with E-state index >= 15 is 0 Å². The molecule has 0 amide bonds. The summed E-state index contributed by atoms with van der Waals surface area (Å²) in [4.78, 5) is 34.7. The van der Waals surface area contributed by atoms with Crippen LogP contribution in [0.1, 0.15) is 32.3 Å². The molecule has 23 heavy (non-hydrogen) atoms. The van der Waals surface area contributed by atoms with E-state index in [4.69, 9.17) is 9.47 Å². The average Bonchev–Trinajstić information content (AvgIpc) is 2.55. The highest BCUT2D eigenvalue weighted by molar-refractivity contribution is 6.29. The Labute approximate surface area is 135 Å². The number of aryl methyl sites for hydroxylation is 1. The highest BCUT2D eigenvalue weighted by Crippen LogP contribution is 2.11. The minimum atomic E-state index is -1.18. The van der Waals surface area contributed by atoms with E-state index in [1.54, 1.807) is 13.8 Å². The minimum absolute atomic E-state index is 0.0615. The molecular weight excluding hydrogens is 300 g/mol. The molecule has 0 fully saturated rings. The second-order valence-electron chi connectivity index (χ2n) is 4.74. The van der Waals surface area contributed by atoms with Gasteiger partial charge >= 0.3 is 17.9 Å². The number of esters is 3. The Hall–Kier alpha value is -2.37. The fourth-order valence-corrected chi connectivity index (χ4v) is 1.96. The minimum Gasteiger partial charge on any atom is -0.463 e. The molecule has 0 aliphatic heterocycles. The van der Waals surface area contributed by atoms with Crippen molar-refractivity contribution in [3.05, 3.63) is 35.9 Å². The highest BCUT2D eigenvalue weighted by atomic mass is 16.6. The first-order chi connectivity index (χ1) is 11.1. The van der Waals surface area contributed by atoms with Crippen molar-refractivity contribution >= 4 is 17.9 Å². The normalized spacial score (nSPS) is 11.4. The molecule has 1 unspecified atom stereocenters. The first kappa shape index (κ1) is 18.7. The van der Waals surface area contributed by atoms with Crippen LogP contribution in [0, 0.1) is 0 Å². The third kappa shape index (κ3) is 6.95. The number of carbonyl (C=O) groups excluding carboxylic acids is 3. The number of ether oxygens (including phenoxy) is 3. The van der Waals surface area contributed by atoms with Crippen molar-refractivity contribution in [2.75, 3.05) is 13.2 Å². The number of benzene rings is 1. The number of hydrogen-bond acceptors (Lipinski definition) is 6. The predicted molar refractivity (Wildman–Crippen MR) is 82.5 cm³/mol. The number of rotatable bonds is 8. The summed E-state index contributed by atoms with van der Waals surface area (Å²) in [5.74, 6) is -2.94. The summed E-state index contributed by atoms with van der Waals surface area (Å²) in [6.07, 6.45) is 0.520. The average molecular weight is 322 g/mol. The van der Waals surface area contributed by atoms with Gasteiger partial charge in [-0.15, -0.1) is 0 Å². The van der Waals surface area contributed by atoms with Gasteiger partial charge in [0.05, 0.1) is 13.2 Å². The Morgan fingerprint density at radius 1 is 0.957 bits per heavy atom. The SMILES string of the molecule is CCOC(=O)C(=O)OC(CCCc1ccccc1)C(=O)OCC. The van der Waals surface area contributed by atoms with Gasteiger partial charge in [0.25, 0.3) is 0 Å². The van der Waals surface area contributed by atoms with E-state index in [1.807, 2.05) is 30.3 Å². The molecule has 1 atom stereocenters. The standard InChI is InChI=1S/C17H22O6/c1-3-21-15(18)14(23-17(20)16(19)22-4-2)12-8-11-13-9-6-5-7-10-13/h5-7,9-10,14H,3-4,8,11-12H2,1-2H3. The molecule has 1 aromatic rings. The summed E-state index contributed by atoms with van der Waals surface area (Å²) in [6, 6.07) is 9.73. The molecule has 0 bridgehead atoms. The molecule has 0 aliphatic rings. The zero-order valence-electron chi connectivity index (χ0n) is 13.4. The lowest BCUT2D eigenvalue weighted by Gasteiger charge is -2.15. The van der Waals surface area contributed by atoms with Gasteiger partial charge in [0.2, 0.25) is 0 Å². The third-order valence-corrected chi connectivity index (χ3v) is 3.02. The second-order valence-corrected chi connectivity index (χ2v) is 4.74. The first-order valence-electron chi connectivity index (χ1n) is 7.66. The molecule has 1 aromatic carbocycles. The van der Waals surface area contributed by atoms with E-state index in [0.717, 1.165) is 12.0 Å². The molecule has 6 nitrogen and oxygen atoms in total. The molecule has 0 heterocycles. The maximum Gasteiger partial charge on any atom is 0.418 e. The van der Waals surface area contributed by atoms with E-state index in [1.165, 1.54) is 0 Å². The summed E-state index contributed by atoms with van der Waals surface area (Å²) in [5, 5.41) is 0. The van der Waals surface area contributed by atoms with Gasteiger partial charge in [0.1, 0.15) is 0 Å². The van der Waals surface area contributed by atoms with Crippen LogP contribution in [0.15, 0.2) is 30.3 Å². The van der Waals surface area contributed by atoms with Crippen molar-refractivity contribution in [2.24, 2.45) is 0 Å². The summed E-state index contributed by atoms with van der Waals surface area (Å²) in [5.41, 5.74) is 1.12. The summed E-state index contributed by atoms with van der Waals surface area (Å²) >= 11 is 0. The van der Waals surface area contributed by atoms with Crippen LogP contribution < -0.4 is 0 Å². The lowest BCUT2D eigenvalue weighted by Crippen LogP contribution is -2.33. The Bertz CT molecular complexity index is 511. The van der Waals surface area contributed by atoms with Crippen molar-refractivity contribution in [3.8, 4) is 0 Å². The van der Waals surface area contributed by atoms with Gasteiger partial charge in [-0.2, -0.15) is 0 Å². The molecule has 0 aliphatic carbocycles. The Kier molecular flexibility index (Phi) is 8.42. The van der Waals surface area contributed by atoms with E-state index in [0.29, 0.717) is 6.42 Å². The van der Waals surface area contributed by atoms with E-state index in [9.17, 15) is 14.4 Å². The van der Waals surface area contributed by atoms with Crippen LogP contribution in [-0.4, -0.2) is 37.2 Å². The molecule has 0 saturated heterocycles. The maximum absolute atomic E-state index is 11.9. The zero-order valence-corrected chi connectivity index (χ0v) is 13.4. The molecule has 0 N–H and O–H groups in total. The Morgan fingerprint density at radius 3 is 2.22 bits per heavy atom. The fraction of sp³-hybridized carbons (Fsp3) is 0.471. The van der Waals surface area contributed by atoms with Crippen LogP contribution >= 0.6 is 0 Å². The maximum atomic E-state index is 11.9. The monoisotopic (exact) mass is 322 g/mol. The van der Waals surface area contributed by atoms with Gasteiger partial charge < -0.3 is 14.2 Å². The van der Waals surface area contributed by atoms with Crippen LogP contribution in [-0.2, 0) is 35.0 Å². The third-order valence-electron chi connectivity index (χ3n) is 3.02. The highest BCUT2D eigenvalue weighted by Gasteiger charge is 2.28. The smallest absolute Gasteiger partial charge is 0.418 e. The molecule has 0 radical (unpaired) electrons. The largest absolute Gasteiger partial charge is 0.463 e. The molecule has 126 valence electrons. The van der Waals surface area contributed by atoms with Gasteiger partial charge in [-0.05, 0) is 38.7 Å². The molecule has 0 aromatic heterocycles. The van der Waals surface area contributed by atoms with Gasteiger partial charge in [-0.3, -0.25) is 0 Å². The van der Waals surface area contributed by atoms with Crippen LogP contribution in [0.25, 0.3) is 0 Å². The van der Waals surface area contributed by atoms with Gasteiger partial charge in [-0.1, -0.05) is 30.3 Å². The van der Waals surface area contributed by atoms with Gasteiger partial charge in [-0.25, -0.2) is 14.4 Å². The van der Waals surface area contributed by atoms with Crippen molar-refractivity contribution in [2.45, 2.75) is 39.2 Å². The van der Waals surface area contributed by atoms with Crippen LogP contribution in [0.2, 0.25) is 0 Å². The van der Waals surface area contributed by atoms with Crippen molar-refractivity contribution in [3.63, 3.8) is 0 Å². The molecular formula is C17H22O6. The first-order valence-corrected chi connectivity index (χ1v) is 7.66. The van der Waals surface area contributed by atoms with Gasteiger partial charge in [0, 0.05) is 0 Å². The molecule has 0 saturated carbocycles. The van der Waals surface area contributed by atoms with Crippen LogP contribution in [0.3, 0.4) is 0 Å². The van der Waals surface area contributed by atoms with E-state index < -0.39 is 24.0 Å². The molecule has 1 rings (SSSR count). The number of hydrogen-bond donors (Lipinski definition) is 0. The number of carbonyl (C=O) groups is 3. The van der Waals surface area contributed by atoms with Crippen molar-refractivity contribution in [1.29, 1.82) is 0 Å². The summed E-state index contributed by atoms with van der Waals surface area (Å²) in [7, 11) is 0. The summed E-state index contributed by atoms with van der Waals surface area (Å²) < 4.78 is 14.4. The molecule has 0 spiro atoms.